The van der Waals surface area contributed by atoms with Gasteiger partial charge >= 0.3 is 0 Å². The lowest BCUT2D eigenvalue weighted by Gasteiger charge is -2.17. The van der Waals surface area contributed by atoms with Crippen molar-refractivity contribution in [2.45, 2.75) is 19.8 Å². The van der Waals surface area contributed by atoms with Gasteiger partial charge in [0.05, 0.1) is 23.0 Å². The number of thiazole rings is 1. The first-order chi connectivity index (χ1) is 11.2. The van der Waals surface area contributed by atoms with Gasteiger partial charge in [-0.05, 0) is 31.9 Å². The van der Waals surface area contributed by atoms with Gasteiger partial charge in [-0.15, -0.1) is 11.3 Å². The van der Waals surface area contributed by atoms with Crippen molar-refractivity contribution in [1.82, 2.24) is 14.6 Å². The molecular weight excluding hydrogens is 310 g/mol. The van der Waals surface area contributed by atoms with E-state index in [-0.39, 0.29) is 5.91 Å². The molecule has 0 aromatic carbocycles. The zero-order valence-electron chi connectivity index (χ0n) is 12.8. The van der Waals surface area contributed by atoms with E-state index in [9.17, 15) is 4.79 Å². The molecule has 6 nitrogen and oxygen atoms in total. The number of pyridine rings is 1. The minimum absolute atomic E-state index is 0.173. The van der Waals surface area contributed by atoms with Crippen LogP contribution in [0.1, 0.15) is 28.9 Å². The first-order valence-corrected chi connectivity index (χ1v) is 8.54. The highest BCUT2D eigenvalue weighted by Crippen LogP contribution is 2.24. The predicted molar refractivity (Wildman–Crippen MR) is 91.4 cm³/mol. The van der Waals surface area contributed by atoms with E-state index in [0.717, 1.165) is 30.0 Å². The largest absolute Gasteiger partial charge is 0.371 e. The average Bonchev–Trinajstić information content (AvgIpc) is 3.26. The van der Waals surface area contributed by atoms with Gasteiger partial charge in [-0.3, -0.25) is 10.1 Å². The van der Waals surface area contributed by atoms with Gasteiger partial charge in [0.2, 0.25) is 0 Å². The number of hydrogen-bond donors (Lipinski definition) is 1. The number of aryl methyl sites for hydroxylation is 1. The number of carbonyl (C=O) groups is 1. The summed E-state index contributed by atoms with van der Waals surface area (Å²) in [6, 6.07) is 4.09. The van der Waals surface area contributed by atoms with E-state index < -0.39 is 0 Å². The predicted octanol–water partition coefficient (Wildman–Crippen LogP) is 2.95. The van der Waals surface area contributed by atoms with E-state index in [1.165, 1.54) is 24.2 Å². The van der Waals surface area contributed by atoms with Crippen LogP contribution in [0.5, 0.6) is 0 Å². The number of fused-ring (bicyclic) bond motifs is 1. The van der Waals surface area contributed by atoms with Gasteiger partial charge in [-0.2, -0.15) is 5.10 Å². The summed E-state index contributed by atoms with van der Waals surface area (Å²) in [5.74, 6) is -0.173. The second-order valence-corrected chi connectivity index (χ2v) is 6.57. The van der Waals surface area contributed by atoms with Crippen molar-refractivity contribution in [2.75, 3.05) is 23.3 Å². The number of aromatic nitrogens is 3. The Labute approximate surface area is 137 Å². The highest BCUT2D eigenvalue weighted by Gasteiger charge is 2.17. The Hall–Kier alpha value is -2.41. The molecule has 0 saturated carbocycles. The third-order valence-electron chi connectivity index (χ3n) is 4.06. The molecule has 0 atom stereocenters. The number of anilines is 2. The van der Waals surface area contributed by atoms with Gasteiger partial charge in [0.25, 0.3) is 5.91 Å². The fourth-order valence-corrected chi connectivity index (χ4v) is 3.58. The van der Waals surface area contributed by atoms with E-state index in [2.05, 4.69) is 26.4 Å². The minimum atomic E-state index is -0.173. The molecule has 4 rings (SSSR count). The van der Waals surface area contributed by atoms with Gasteiger partial charge < -0.3 is 4.90 Å². The lowest BCUT2D eigenvalue weighted by atomic mass is 10.2. The van der Waals surface area contributed by atoms with Crippen LogP contribution in [0.3, 0.4) is 0 Å². The van der Waals surface area contributed by atoms with Crippen molar-refractivity contribution >= 4 is 33.6 Å². The lowest BCUT2D eigenvalue weighted by Crippen LogP contribution is -2.18. The Morgan fingerprint density at radius 2 is 2.17 bits per heavy atom. The zero-order chi connectivity index (χ0) is 15.8. The highest BCUT2D eigenvalue weighted by atomic mass is 32.1. The van der Waals surface area contributed by atoms with Gasteiger partial charge in [0.1, 0.15) is 0 Å². The van der Waals surface area contributed by atoms with Crippen LogP contribution in [0.15, 0.2) is 29.9 Å². The van der Waals surface area contributed by atoms with Crippen LogP contribution in [0.25, 0.3) is 5.52 Å². The fourth-order valence-electron chi connectivity index (χ4n) is 2.89. The smallest absolute Gasteiger partial charge is 0.261 e. The Morgan fingerprint density at radius 1 is 1.35 bits per heavy atom. The third kappa shape index (κ3) is 2.68. The number of nitrogens with one attached hydrogen (secondary N) is 1. The van der Waals surface area contributed by atoms with Gasteiger partial charge in [0.15, 0.2) is 5.13 Å². The molecule has 3 aromatic heterocycles. The summed E-state index contributed by atoms with van der Waals surface area (Å²) < 4.78 is 1.74. The van der Waals surface area contributed by atoms with Crippen LogP contribution in [0, 0.1) is 6.92 Å². The van der Waals surface area contributed by atoms with Crippen molar-refractivity contribution in [1.29, 1.82) is 0 Å². The van der Waals surface area contributed by atoms with Crippen LogP contribution in [0.4, 0.5) is 10.8 Å². The second-order valence-electron chi connectivity index (χ2n) is 5.72. The van der Waals surface area contributed by atoms with Crippen LogP contribution < -0.4 is 10.2 Å². The molecule has 118 valence electrons. The van der Waals surface area contributed by atoms with Crippen molar-refractivity contribution in [3.05, 3.63) is 41.2 Å². The van der Waals surface area contributed by atoms with Crippen molar-refractivity contribution in [3.63, 3.8) is 0 Å². The van der Waals surface area contributed by atoms with Crippen molar-refractivity contribution in [2.24, 2.45) is 0 Å². The molecule has 1 saturated heterocycles. The fraction of sp³-hybridized carbons (Fsp3) is 0.312. The summed E-state index contributed by atoms with van der Waals surface area (Å²) in [5, 5.41) is 9.65. The molecule has 0 bridgehead atoms. The molecule has 1 amide bonds. The average molecular weight is 327 g/mol. The van der Waals surface area contributed by atoms with Crippen LogP contribution in [-0.4, -0.2) is 33.6 Å². The van der Waals surface area contributed by atoms with E-state index >= 15 is 0 Å². The molecule has 1 aliphatic rings. The summed E-state index contributed by atoms with van der Waals surface area (Å²) in [6.07, 6.45) is 5.97. The van der Waals surface area contributed by atoms with E-state index in [0.29, 0.717) is 10.7 Å². The number of rotatable bonds is 3. The summed E-state index contributed by atoms with van der Waals surface area (Å²) >= 11 is 1.43. The molecular formula is C16H17N5OS. The monoisotopic (exact) mass is 327 g/mol. The highest BCUT2D eigenvalue weighted by molar-refractivity contribution is 7.13. The standard InChI is InChI=1S/C16H17N5OS/c1-11-10-23-16(18-11)19-15(22)13-9-17-21-7-4-12(8-14(13)21)20-5-2-3-6-20/h4,7-10H,2-3,5-6H2,1H3,(H,18,19,22). The van der Waals surface area contributed by atoms with E-state index in [1.54, 1.807) is 10.7 Å². The summed E-state index contributed by atoms with van der Waals surface area (Å²) in [7, 11) is 0. The maximum Gasteiger partial charge on any atom is 0.261 e. The molecule has 1 N–H and O–H groups in total. The normalized spacial score (nSPS) is 14.6. The zero-order valence-corrected chi connectivity index (χ0v) is 13.6. The molecule has 1 aliphatic heterocycles. The molecule has 4 heterocycles. The SMILES string of the molecule is Cc1csc(NC(=O)c2cnn3ccc(N4CCCC4)cc23)n1. The molecule has 3 aromatic rings. The van der Waals surface area contributed by atoms with Crippen LogP contribution in [0.2, 0.25) is 0 Å². The summed E-state index contributed by atoms with van der Waals surface area (Å²) in [5.41, 5.74) is 3.44. The maximum absolute atomic E-state index is 12.5. The summed E-state index contributed by atoms with van der Waals surface area (Å²) in [4.78, 5) is 19.1. The van der Waals surface area contributed by atoms with Crippen molar-refractivity contribution < 1.29 is 4.79 Å². The van der Waals surface area contributed by atoms with Crippen LogP contribution >= 0.6 is 11.3 Å². The Morgan fingerprint density at radius 3 is 2.91 bits per heavy atom. The third-order valence-corrected chi connectivity index (χ3v) is 4.94. The molecule has 0 radical (unpaired) electrons. The quantitative estimate of drug-likeness (QED) is 0.803. The molecule has 23 heavy (non-hydrogen) atoms. The maximum atomic E-state index is 12.5. The number of amides is 1. The minimum Gasteiger partial charge on any atom is -0.371 e. The van der Waals surface area contributed by atoms with Gasteiger partial charge in [0, 0.05) is 30.4 Å². The van der Waals surface area contributed by atoms with E-state index in [1.807, 2.05) is 24.6 Å². The van der Waals surface area contributed by atoms with Crippen molar-refractivity contribution in [3.8, 4) is 0 Å². The summed E-state index contributed by atoms with van der Waals surface area (Å²) in [6.45, 7) is 4.05. The number of hydrogen-bond acceptors (Lipinski definition) is 5. The molecule has 0 unspecified atom stereocenters. The van der Waals surface area contributed by atoms with Gasteiger partial charge in [-0.1, -0.05) is 0 Å². The number of carbonyl (C=O) groups excluding carboxylic acids is 1. The topological polar surface area (TPSA) is 62.5 Å². The first kappa shape index (κ1) is 14.2. The van der Waals surface area contributed by atoms with Crippen LogP contribution in [-0.2, 0) is 0 Å². The Kier molecular flexibility index (Phi) is 3.49. The molecule has 7 heteroatoms. The number of nitrogens with zero attached hydrogens (tertiary/aromatic N) is 4. The second kappa shape index (κ2) is 5.66. The molecule has 1 fully saturated rings. The Balaban J connectivity index is 1.66. The van der Waals surface area contributed by atoms with Gasteiger partial charge in [-0.25, -0.2) is 9.50 Å². The molecule has 0 spiro atoms. The Bertz CT molecular complexity index is 862. The van der Waals surface area contributed by atoms with E-state index in [4.69, 9.17) is 0 Å². The lowest BCUT2D eigenvalue weighted by molar-refractivity contribution is 0.102. The first-order valence-electron chi connectivity index (χ1n) is 7.66. The molecule has 0 aliphatic carbocycles.